The molecular formula is C15H16FN5O2. The molecule has 2 N–H and O–H groups in total. The zero-order valence-electron chi connectivity index (χ0n) is 12.3. The molecule has 120 valence electrons. The number of nitrogens with one attached hydrogen (secondary N) is 2. The molecule has 1 aromatic carbocycles. The maximum atomic E-state index is 13.0. The lowest BCUT2D eigenvalue weighted by Crippen LogP contribution is -2.17. The lowest BCUT2D eigenvalue weighted by atomic mass is 10.2. The zero-order chi connectivity index (χ0) is 16.2. The topological polar surface area (TPSA) is 93.0 Å². The van der Waals surface area contributed by atoms with Gasteiger partial charge in [0.25, 0.3) is 0 Å². The van der Waals surface area contributed by atoms with E-state index in [1.54, 1.807) is 0 Å². The number of hydrogen-bond acceptors (Lipinski definition) is 6. The molecule has 0 atom stereocenters. The van der Waals surface area contributed by atoms with Gasteiger partial charge in [-0.3, -0.25) is 10.1 Å². The Hall–Kier alpha value is -2.77. The van der Waals surface area contributed by atoms with Gasteiger partial charge in [-0.25, -0.2) is 14.4 Å². The van der Waals surface area contributed by atoms with E-state index in [4.69, 9.17) is 0 Å². The standard InChI is InChI=1S/C15H16FN5O2/c16-10-5-7-12(8-6-10)20-15-13(21(22)23)14(17-9-18-15)19-11-3-1-2-4-11/h5-9,11H,1-4H2,(H2,17,18,19,20). The summed E-state index contributed by atoms with van der Waals surface area (Å²) >= 11 is 0. The van der Waals surface area contributed by atoms with Gasteiger partial charge >= 0.3 is 5.69 Å². The third-order valence-corrected chi connectivity index (χ3v) is 3.81. The first kappa shape index (κ1) is 15.1. The van der Waals surface area contributed by atoms with Crippen LogP contribution in [0.4, 0.5) is 27.4 Å². The van der Waals surface area contributed by atoms with E-state index in [-0.39, 0.29) is 29.2 Å². The lowest BCUT2D eigenvalue weighted by molar-refractivity contribution is -0.383. The number of hydrogen-bond donors (Lipinski definition) is 2. The second-order valence-electron chi connectivity index (χ2n) is 5.43. The van der Waals surface area contributed by atoms with Gasteiger partial charge in [-0.15, -0.1) is 0 Å². The molecule has 0 aliphatic heterocycles. The molecular weight excluding hydrogens is 301 g/mol. The highest BCUT2D eigenvalue weighted by Crippen LogP contribution is 2.33. The quantitative estimate of drug-likeness (QED) is 0.646. The monoisotopic (exact) mass is 317 g/mol. The fraction of sp³-hybridized carbons (Fsp3) is 0.333. The van der Waals surface area contributed by atoms with Crippen molar-refractivity contribution in [1.29, 1.82) is 0 Å². The van der Waals surface area contributed by atoms with Crippen LogP contribution in [0.3, 0.4) is 0 Å². The van der Waals surface area contributed by atoms with E-state index in [1.165, 1.54) is 30.6 Å². The van der Waals surface area contributed by atoms with Crippen LogP contribution in [0.5, 0.6) is 0 Å². The predicted octanol–water partition coefficient (Wildman–Crippen LogP) is 3.62. The Labute approximate surface area is 132 Å². The maximum absolute atomic E-state index is 13.0. The molecule has 0 saturated heterocycles. The van der Waals surface area contributed by atoms with Gasteiger partial charge in [0.05, 0.1) is 4.92 Å². The Morgan fingerprint density at radius 1 is 1.13 bits per heavy atom. The molecule has 1 aliphatic carbocycles. The summed E-state index contributed by atoms with van der Waals surface area (Å²) in [5, 5.41) is 17.4. The summed E-state index contributed by atoms with van der Waals surface area (Å²) in [6.07, 6.45) is 5.44. The van der Waals surface area contributed by atoms with Gasteiger partial charge in [0.1, 0.15) is 12.1 Å². The average molecular weight is 317 g/mol. The number of rotatable bonds is 5. The van der Waals surface area contributed by atoms with E-state index >= 15 is 0 Å². The number of nitrogens with zero attached hydrogens (tertiary/aromatic N) is 3. The minimum absolute atomic E-state index is 0.0807. The highest BCUT2D eigenvalue weighted by atomic mass is 19.1. The Bertz CT molecular complexity index is 702. The van der Waals surface area contributed by atoms with Crippen LogP contribution in [0.25, 0.3) is 0 Å². The minimum Gasteiger partial charge on any atom is -0.361 e. The van der Waals surface area contributed by atoms with Crippen LogP contribution in [-0.2, 0) is 0 Å². The Morgan fingerprint density at radius 3 is 2.43 bits per heavy atom. The van der Waals surface area contributed by atoms with Crippen LogP contribution >= 0.6 is 0 Å². The average Bonchev–Trinajstić information content (AvgIpc) is 3.02. The molecule has 8 heteroatoms. The molecule has 0 bridgehead atoms. The molecule has 23 heavy (non-hydrogen) atoms. The first-order valence-corrected chi connectivity index (χ1v) is 7.42. The zero-order valence-corrected chi connectivity index (χ0v) is 12.3. The summed E-state index contributed by atoms with van der Waals surface area (Å²) < 4.78 is 13.0. The van der Waals surface area contributed by atoms with Crippen LogP contribution < -0.4 is 10.6 Å². The number of halogens is 1. The van der Waals surface area contributed by atoms with Gasteiger partial charge in [-0.2, -0.15) is 0 Å². The summed E-state index contributed by atoms with van der Waals surface area (Å²) in [7, 11) is 0. The van der Waals surface area contributed by atoms with E-state index in [0.717, 1.165) is 25.7 Å². The number of aromatic nitrogens is 2. The van der Waals surface area contributed by atoms with Crippen molar-refractivity contribution in [2.75, 3.05) is 10.6 Å². The van der Waals surface area contributed by atoms with Crippen molar-refractivity contribution in [2.45, 2.75) is 31.7 Å². The summed E-state index contributed by atoms with van der Waals surface area (Å²) in [5.74, 6) is -0.0880. The Kier molecular flexibility index (Phi) is 4.31. The first-order chi connectivity index (χ1) is 11.1. The molecule has 7 nitrogen and oxygen atoms in total. The molecule has 1 aromatic heterocycles. The smallest absolute Gasteiger partial charge is 0.353 e. The van der Waals surface area contributed by atoms with Gasteiger partial charge in [0.2, 0.25) is 11.6 Å². The lowest BCUT2D eigenvalue weighted by Gasteiger charge is -2.14. The van der Waals surface area contributed by atoms with Gasteiger partial charge in [-0.1, -0.05) is 12.8 Å². The Balaban J connectivity index is 1.89. The summed E-state index contributed by atoms with van der Waals surface area (Å²) in [4.78, 5) is 18.9. The number of benzene rings is 1. The second kappa shape index (κ2) is 6.55. The fourth-order valence-electron chi connectivity index (χ4n) is 2.68. The molecule has 0 radical (unpaired) electrons. The maximum Gasteiger partial charge on any atom is 0.353 e. The van der Waals surface area contributed by atoms with Crippen LogP contribution in [0, 0.1) is 15.9 Å². The molecule has 0 amide bonds. The van der Waals surface area contributed by atoms with Gasteiger partial charge in [-0.05, 0) is 37.1 Å². The van der Waals surface area contributed by atoms with E-state index in [0.29, 0.717) is 5.69 Å². The SMILES string of the molecule is O=[N+]([O-])c1c(Nc2ccc(F)cc2)ncnc1NC1CCCC1. The summed E-state index contributed by atoms with van der Waals surface area (Å²) in [6.45, 7) is 0. The highest BCUT2D eigenvalue weighted by molar-refractivity contribution is 5.73. The minimum atomic E-state index is -0.511. The van der Waals surface area contributed by atoms with Crippen molar-refractivity contribution in [3.05, 3.63) is 46.5 Å². The van der Waals surface area contributed by atoms with Crippen molar-refractivity contribution >= 4 is 23.0 Å². The molecule has 3 rings (SSSR count). The van der Waals surface area contributed by atoms with E-state index in [2.05, 4.69) is 20.6 Å². The number of anilines is 3. The van der Waals surface area contributed by atoms with E-state index in [1.807, 2.05) is 0 Å². The number of nitro groups is 1. The fourth-order valence-corrected chi connectivity index (χ4v) is 2.68. The molecule has 1 heterocycles. The van der Waals surface area contributed by atoms with Crippen molar-refractivity contribution in [1.82, 2.24) is 9.97 Å². The molecule has 0 unspecified atom stereocenters. The van der Waals surface area contributed by atoms with Crippen molar-refractivity contribution in [3.8, 4) is 0 Å². The molecule has 1 saturated carbocycles. The van der Waals surface area contributed by atoms with Crippen LogP contribution in [0.1, 0.15) is 25.7 Å². The third kappa shape index (κ3) is 3.53. The van der Waals surface area contributed by atoms with Gasteiger partial charge in [0.15, 0.2) is 0 Å². The predicted molar refractivity (Wildman–Crippen MR) is 84.2 cm³/mol. The first-order valence-electron chi connectivity index (χ1n) is 7.42. The Morgan fingerprint density at radius 2 is 1.78 bits per heavy atom. The summed E-state index contributed by atoms with van der Waals surface area (Å²) in [6, 6.07) is 5.72. The van der Waals surface area contributed by atoms with Crippen LogP contribution in [-0.4, -0.2) is 20.9 Å². The van der Waals surface area contributed by atoms with Gasteiger partial charge < -0.3 is 10.6 Å². The van der Waals surface area contributed by atoms with Crippen molar-refractivity contribution in [3.63, 3.8) is 0 Å². The molecule has 0 spiro atoms. The molecule has 1 aliphatic rings. The van der Waals surface area contributed by atoms with Crippen LogP contribution in [0.2, 0.25) is 0 Å². The normalized spacial score (nSPS) is 14.7. The third-order valence-electron chi connectivity index (χ3n) is 3.81. The van der Waals surface area contributed by atoms with Crippen molar-refractivity contribution in [2.24, 2.45) is 0 Å². The van der Waals surface area contributed by atoms with E-state index < -0.39 is 4.92 Å². The second-order valence-corrected chi connectivity index (χ2v) is 5.43. The molecule has 2 aromatic rings. The van der Waals surface area contributed by atoms with Crippen LogP contribution in [0.15, 0.2) is 30.6 Å². The molecule has 1 fully saturated rings. The highest BCUT2D eigenvalue weighted by Gasteiger charge is 2.26. The van der Waals surface area contributed by atoms with E-state index in [9.17, 15) is 14.5 Å². The largest absolute Gasteiger partial charge is 0.361 e. The van der Waals surface area contributed by atoms with Crippen molar-refractivity contribution < 1.29 is 9.31 Å². The van der Waals surface area contributed by atoms with Gasteiger partial charge in [0, 0.05) is 11.7 Å². The summed E-state index contributed by atoms with van der Waals surface area (Å²) in [5.41, 5.74) is 0.309.